The van der Waals surface area contributed by atoms with Gasteiger partial charge in [0.2, 0.25) is 10.0 Å². The van der Waals surface area contributed by atoms with Gasteiger partial charge in [-0.05, 0) is 53.4 Å². The van der Waals surface area contributed by atoms with Crippen LogP contribution in [0.4, 0.5) is 4.79 Å². The molecule has 0 aliphatic heterocycles. The normalized spacial score (nSPS) is 13.4. The Hall–Kier alpha value is -0.820. The minimum Gasteiger partial charge on any atom is -0.444 e. The lowest BCUT2D eigenvalue weighted by Crippen LogP contribution is -2.45. The van der Waals surface area contributed by atoms with Gasteiger partial charge in [-0.3, -0.25) is 4.99 Å². The molecule has 0 spiro atoms. The maximum Gasteiger partial charge on any atom is 0.407 e. The van der Waals surface area contributed by atoms with E-state index in [2.05, 4.69) is 34.2 Å². The van der Waals surface area contributed by atoms with Crippen molar-refractivity contribution in [3.8, 4) is 0 Å². The number of halogens is 1. The molecule has 0 aromatic heterocycles. The third-order valence-electron chi connectivity index (χ3n) is 4.28. The number of hydrogen-bond donors (Lipinski definition) is 3. The van der Waals surface area contributed by atoms with Crippen molar-refractivity contribution in [3.63, 3.8) is 0 Å². The van der Waals surface area contributed by atoms with Crippen molar-refractivity contribution in [3.05, 3.63) is 0 Å². The molecule has 0 heterocycles. The Kier molecular flexibility index (Phi) is 16.6. The summed E-state index contributed by atoms with van der Waals surface area (Å²) in [5.41, 5.74) is -0.529. The summed E-state index contributed by atoms with van der Waals surface area (Å²) in [6.07, 6.45) is 0.962. The van der Waals surface area contributed by atoms with Gasteiger partial charge in [0.15, 0.2) is 5.96 Å². The Bertz CT molecular complexity index is 636. The van der Waals surface area contributed by atoms with E-state index in [0.29, 0.717) is 26.1 Å². The zero-order valence-corrected chi connectivity index (χ0v) is 23.6. The summed E-state index contributed by atoms with van der Waals surface area (Å²) in [6, 6.07) is -0.0198. The van der Waals surface area contributed by atoms with E-state index in [9.17, 15) is 13.2 Å². The van der Waals surface area contributed by atoms with E-state index in [1.165, 1.54) is 0 Å². The number of guanidine groups is 1. The topological polar surface area (TPSA) is 112 Å². The first-order valence-corrected chi connectivity index (χ1v) is 12.4. The molecular weight excluding hydrogens is 533 g/mol. The Morgan fingerprint density at radius 1 is 1.19 bits per heavy atom. The van der Waals surface area contributed by atoms with Crippen molar-refractivity contribution < 1.29 is 17.9 Å². The second kappa shape index (κ2) is 15.9. The van der Waals surface area contributed by atoms with Gasteiger partial charge in [-0.2, -0.15) is 0 Å². The molecule has 31 heavy (non-hydrogen) atoms. The number of hydrogen-bond acceptors (Lipinski definition) is 5. The van der Waals surface area contributed by atoms with E-state index in [1.54, 1.807) is 6.92 Å². The van der Waals surface area contributed by atoms with E-state index in [0.717, 1.165) is 18.9 Å². The summed E-state index contributed by atoms with van der Waals surface area (Å²) in [5.74, 6) is 1.10. The van der Waals surface area contributed by atoms with Crippen molar-refractivity contribution in [1.82, 2.24) is 20.3 Å². The number of amides is 1. The van der Waals surface area contributed by atoms with Gasteiger partial charge in [-0.15, -0.1) is 24.0 Å². The standard InChI is InChI=1S/C20H43N5O4S.HI/c1-9-21-18(22-13-11-14-23-30(27,28)10-2)25(8)15-12-17(16(3)4)24-19(26)29-20(5,6)7;/h16-17,23H,9-15H2,1-8H3,(H,21,22)(H,24,26);1H. The van der Waals surface area contributed by atoms with E-state index in [1.807, 2.05) is 39.6 Å². The molecule has 9 nitrogen and oxygen atoms in total. The highest BCUT2D eigenvalue weighted by atomic mass is 127. The molecule has 0 aliphatic carbocycles. The summed E-state index contributed by atoms with van der Waals surface area (Å²) < 4.78 is 30.8. The molecule has 1 amide bonds. The third kappa shape index (κ3) is 16.5. The summed E-state index contributed by atoms with van der Waals surface area (Å²) >= 11 is 0. The lowest BCUT2D eigenvalue weighted by atomic mass is 10.0. The molecule has 0 saturated carbocycles. The smallest absolute Gasteiger partial charge is 0.407 e. The molecule has 1 unspecified atom stereocenters. The van der Waals surface area contributed by atoms with Crippen LogP contribution in [0.5, 0.6) is 0 Å². The highest BCUT2D eigenvalue weighted by Gasteiger charge is 2.22. The fraction of sp³-hybridized carbons (Fsp3) is 0.900. The second-order valence-corrected chi connectivity index (χ2v) is 10.7. The molecule has 11 heteroatoms. The Morgan fingerprint density at radius 3 is 2.29 bits per heavy atom. The van der Waals surface area contributed by atoms with Crippen LogP contribution in [0.15, 0.2) is 4.99 Å². The van der Waals surface area contributed by atoms with Gasteiger partial charge in [0.1, 0.15) is 5.60 Å². The van der Waals surface area contributed by atoms with Gasteiger partial charge < -0.3 is 20.3 Å². The van der Waals surface area contributed by atoms with Gasteiger partial charge >= 0.3 is 6.09 Å². The Balaban J connectivity index is 0. The number of carbonyl (C=O) groups excluding carboxylic acids is 1. The lowest BCUT2D eigenvalue weighted by molar-refractivity contribution is 0.0485. The molecule has 0 radical (unpaired) electrons. The van der Waals surface area contributed by atoms with Gasteiger partial charge in [0.05, 0.1) is 5.75 Å². The van der Waals surface area contributed by atoms with Crippen molar-refractivity contribution in [2.45, 2.75) is 73.0 Å². The molecule has 0 fully saturated rings. The maximum absolute atomic E-state index is 12.1. The molecule has 3 N–H and O–H groups in total. The molecule has 0 aliphatic rings. The fourth-order valence-electron chi connectivity index (χ4n) is 2.53. The summed E-state index contributed by atoms with van der Waals surface area (Å²) in [5, 5.41) is 6.22. The van der Waals surface area contributed by atoms with E-state index >= 15 is 0 Å². The number of ether oxygens (including phenoxy) is 1. The minimum absolute atomic E-state index is 0. The third-order valence-corrected chi connectivity index (χ3v) is 5.68. The summed E-state index contributed by atoms with van der Waals surface area (Å²) in [6.45, 7) is 15.6. The van der Waals surface area contributed by atoms with E-state index in [4.69, 9.17) is 4.74 Å². The molecule has 0 saturated heterocycles. The van der Waals surface area contributed by atoms with Crippen molar-refractivity contribution >= 4 is 46.1 Å². The average Bonchev–Trinajstić information content (AvgIpc) is 2.61. The monoisotopic (exact) mass is 577 g/mol. The van der Waals surface area contributed by atoms with Gasteiger partial charge in [0.25, 0.3) is 0 Å². The molecule has 1 atom stereocenters. The zero-order chi connectivity index (χ0) is 23.4. The largest absolute Gasteiger partial charge is 0.444 e. The summed E-state index contributed by atoms with van der Waals surface area (Å²) in [4.78, 5) is 18.7. The van der Waals surface area contributed by atoms with Gasteiger partial charge in [0, 0.05) is 39.3 Å². The van der Waals surface area contributed by atoms with Crippen LogP contribution in [0.3, 0.4) is 0 Å². The SMILES string of the molecule is CCNC(=NCCCNS(=O)(=O)CC)N(C)CCC(NC(=O)OC(C)(C)C)C(C)C.I. The van der Waals surface area contributed by atoms with Crippen LogP contribution < -0.4 is 15.4 Å². The number of rotatable bonds is 12. The highest BCUT2D eigenvalue weighted by molar-refractivity contribution is 14.0. The Morgan fingerprint density at radius 2 is 1.81 bits per heavy atom. The zero-order valence-electron chi connectivity index (χ0n) is 20.4. The molecule has 186 valence electrons. The van der Waals surface area contributed by atoms with Crippen LogP contribution in [-0.4, -0.2) is 76.0 Å². The molecule has 0 bridgehead atoms. The van der Waals surface area contributed by atoms with Crippen LogP contribution in [0, 0.1) is 5.92 Å². The molecule has 0 aromatic carbocycles. The first kappa shape index (κ1) is 32.4. The highest BCUT2D eigenvalue weighted by Crippen LogP contribution is 2.11. The van der Waals surface area contributed by atoms with E-state index < -0.39 is 21.7 Å². The first-order valence-electron chi connectivity index (χ1n) is 10.8. The van der Waals surface area contributed by atoms with Gasteiger partial charge in [-0.25, -0.2) is 17.9 Å². The number of alkyl carbamates (subject to hydrolysis) is 1. The van der Waals surface area contributed by atoms with Crippen molar-refractivity contribution in [2.75, 3.05) is 39.0 Å². The number of nitrogens with zero attached hydrogens (tertiary/aromatic N) is 2. The lowest BCUT2D eigenvalue weighted by Gasteiger charge is -2.28. The predicted octanol–water partition coefficient (Wildman–Crippen LogP) is 2.77. The fourth-order valence-corrected chi connectivity index (χ4v) is 3.19. The number of nitrogens with one attached hydrogen (secondary N) is 3. The second-order valence-electron chi connectivity index (χ2n) is 8.59. The minimum atomic E-state index is -3.16. The quantitative estimate of drug-likeness (QED) is 0.142. The molecule has 0 rings (SSSR count). The summed E-state index contributed by atoms with van der Waals surface area (Å²) in [7, 11) is -1.21. The first-order chi connectivity index (χ1) is 13.8. The van der Waals surface area contributed by atoms with Crippen molar-refractivity contribution in [2.24, 2.45) is 10.9 Å². The molecular formula is C20H44IN5O4S. The van der Waals surface area contributed by atoms with Crippen LogP contribution in [0.2, 0.25) is 0 Å². The van der Waals surface area contributed by atoms with E-state index in [-0.39, 0.29) is 41.7 Å². The average molecular weight is 578 g/mol. The Labute approximate surface area is 206 Å². The van der Waals surface area contributed by atoms with Gasteiger partial charge in [-0.1, -0.05) is 13.8 Å². The maximum atomic E-state index is 12.1. The predicted molar refractivity (Wildman–Crippen MR) is 139 cm³/mol. The number of aliphatic imine (C=N–C) groups is 1. The number of carbonyl (C=O) groups is 1. The van der Waals surface area contributed by atoms with Crippen LogP contribution in [0.25, 0.3) is 0 Å². The van der Waals surface area contributed by atoms with Crippen LogP contribution in [-0.2, 0) is 14.8 Å². The number of sulfonamides is 1. The van der Waals surface area contributed by atoms with Crippen LogP contribution >= 0.6 is 24.0 Å². The van der Waals surface area contributed by atoms with Crippen molar-refractivity contribution in [1.29, 1.82) is 0 Å². The van der Waals surface area contributed by atoms with Crippen LogP contribution in [0.1, 0.15) is 61.3 Å². The molecule has 0 aromatic rings.